The number of halogens is 2. The lowest BCUT2D eigenvalue weighted by Gasteiger charge is -2.20. The molecule has 0 spiro atoms. The van der Waals surface area contributed by atoms with Crippen LogP contribution in [0.4, 0.5) is 0 Å². The van der Waals surface area contributed by atoms with E-state index in [1.165, 1.54) is 22.5 Å². The number of fused-ring (bicyclic) bond motifs is 1. The fourth-order valence-corrected chi connectivity index (χ4v) is 5.31. The zero-order valence-corrected chi connectivity index (χ0v) is 14.7. The summed E-state index contributed by atoms with van der Waals surface area (Å²) in [5, 5.41) is 0. The molecule has 1 aromatic carbocycles. The van der Waals surface area contributed by atoms with Crippen molar-refractivity contribution in [3.05, 3.63) is 54.6 Å². The lowest BCUT2D eigenvalue weighted by molar-refractivity contribution is 0.0745. The van der Waals surface area contributed by atoms with E-state index in [-0.39, 0.29) is 5.91 Å². The average Bonchev–Trinajstić information content (AvgIpc) is 2.65. The van der Waals surface area contributed by atoms with Crippen LogP contribution in [0.1, 0.15) is 27.9 Å². The van der Waals surface area contributed by atoms with Crippen LogP contribution in [0.15, 0.2) is 37.9 Å². The summed E-state index contributed by atoms with van der Waals surface area (Å²) in [7, 11) is 0. The zero-order chi connectivity index (χ0) is 14.1. The van der Waals surface area contributed by atoms with Crippen LogP contribution in [0.2, 0.25) is 0 Å². The van der Waals surface area contributed by atoms with Gasteiger partial charge in [0.1, 0.15) is 0 Å². The molecule has 1 amide bonds. The molecule has 20 heavy (non-hydrogen) atoms. The van der Waals surface area contributed by atoms with Crippen molar-refractivity contribution in [1.82, 2.24) is 4.90 Å². The number of thiophene rings is 1. The maximum Gasteiger partial charge on any atom is 0.256 e. The molecule has 1 aromatic heterocycles. The fourth-order valence-electron chi connectivity index (χ4n) is 2.53. The van der Waals surface area contributed by atoms with Gasteiger partial charge in [0.05, 0.1) is 13.1 Å². The van der Waals surface area contributed by atoms with Crippen LogP contribution in [0.3, 0.4) is 0 Å². The molecule has 0 fully saturated rings. The first-order valence-electron chi connectivity index (χ1n) is 6.46. The molecular weight excluding hydrogens is 402 g/mol. The summed E-state index contributed by atoms with van der Waals surface area (Å²) in [6.07, 6.45) is 2.07. The lowest BCUT2D eigenvalue weighted by Crippen LogP contribution is -2.30. The van der Waals surface area contributed by atoms with Crippen molar-refractivity contribution in [3.8, 4) is 0 Å². The molecule has 0 N–H and O–H groups in total. The minimum absolute atomic E-state index is 0.107. The molecule has 0 atom stereocenters. The number of carbonyl (C=O) groups excluding carboxylic acids is 1. The summed E-state index contributed by atoms with van der Waals surface area (Å²) in [4.78, 5) is 14.6. The van der Waals surface area contributed by atoms with Crippen molar-refractivity contribution in [3.63, 3.8) is 0 Å². The Hall–Kier alpha value is -0.650. The third-order valence-corrected chi connectivity index (χ3v) is 5.87. The Balaban J connectivity index is 1.88. The summed E-state index contributed by atoms with van der Waals surface area (Å²) >= 11 is 8.45. The molecule has 104 valence electrons. The Morgan fingerprint density at radius 3 is 2.65 bits per heavy atom. The molecule has 0 radical (unpaired) electrons. The maximum atomic E-state index is 12.7. The van der Waals surface area contributed by atoms with Crippen molar-refractivity contribution in [2.45, 2.75) is 19.4 Å². The average molecular weight is 415 g/mol. The molecule has 2 aromatic rings. The van der Waals surface area contributed by atoms with E-state index in [1.807, 2.05) is 17.0 Å². The van der Waals surface area contributed by atoms with Gasteiger partial charge in [-0.2, -0.15) is 0 Å². The van der Waals surface area contributed by atoms with Crippen molar-refractivity contribution in [2.24, 2.45) is 0 Å². The van der Waals surface area contributed by atoms with Crippen LogP contribution in [0.25, 0.3) is 0 Å². The molecule has 0 bridgehead atoms. The number of carbonyl (C=O) groups is 1. The lowest BCUT2D eigenvalue weighted by atomic mass is 10.0. The highest BCUT2D eigenvalue weighted by atomic mass is 79.9. The largest absolute Gasteiger partial charge is 0.334 e. The fraction of sp³-hybridized carbons (Fsp3) is 0.267. The molecule has 5 heteroatoms. The standard InChI is InChI=1S/C15H13Br2NOS/c16-13-8-12(14(17)20-13)15(19)18-7-3-6-10-4-1-2-5-11(10)9-18/h1-2,4-5,8H,3,6-7,9H2. The SMILES string of the molecule is O=C(c1cc(Br)sc1Br)N1CCCc2ccccc2C1. The van der Waals surface area contributed by atoms with Gasteiger partial charge in [-0.1, -0.05) is 24.3 Å². The Morgan fingerprint density at radius 1 is 1.20 bits per heavy atom. The summed E-state index contributed by atoms with van der Waals surface area (Å²) in [5.41, 5.74) is 3.39. The highest BCUT2D eigenvalue weighted by Crippen LogP contribution is 2.33. The predicted octanol–water partition coefficient (Wildman–Crippen LogP) is 4.86. The minimum Gasteiger partial charge on any atom is -0.334 e. The summed E-state index contributed by atoms with van der Waals surface area (Å²) < 4.78 is 1.87. The molecule has 0 saturated heterocycles. The third-order valence-electron chi connectivity index (χ3n) is 3.53. The Morgan fingerprint density at radius 2 is 1.95 bits per heavy atom. The van der Waals surface area contributed by atoms with E-state index in [9.17, 15) is 4.79 Å². The van der Waals surface area contributed by atoms with E-state index in [1.54, 1.807) is 0 Å². The molecule has 0 aliphatic carbocycles. The Bertz CT molecular complexity index is 653. The van der Waals surface area contributed by atoms with Gasteiger partial charge in [-0.3, -0.25) is 4.79 Å². The normalized spacial score (nSPS) is 14.8. The van der Waals surface area contributed by atoms with Crippen molar-refractivity contribution >= 4 is 49.1 Å². The van der Waals surface area contributed by atoms with Crippen LogP contribution >= 0.6 is 43.2 Å². The van der Waals surface area contributed by atoms with Gasteiger partial charge in [-0.15, -0.1) is 11.3 Å². The van der Waals surface area contributed by atoms with Gasteiger partial charge in [0, 0.05) is 13.1 Å². The number of benzene rings is 1. The molecule has 1 aliphatic rings. The minimum atomic E-state index is 0.107. The van der Waals surface area contributed by atoms with E-state index in [2.05, 4.69) is 50.1 Å². The molecule has 1 aliphatic heterocycles. The first-order chi connectivity index (χ1) is 9.65. The smallest absolute Gasteiger partial charge is 0.256 e. The molecule has 3 rings (SSSR count). The van der Waals surface area contributed by atoms with Gasteiger partial charge >= 0.3 is 0 Å². The Kier molecular flexibility index (Phi) is 4.29. The van der Waals surface area contributed by atoms with Gasteiger partial charge in [0.15, 0.2) is 0 Å². The number of hydrogen-bond acceptors (Lipinski definition) is 2. The first kappa shape index (κ1) is 14.3. The second kappa shape index (κ2) is 6.00. The number of amides is 1. The van der Waals surface area contributed by atoms with Crippen LogP contribution in [-0.2, 0) is 13.0 Å². The van der Waals surface area contributed by atoms with Gasteiger partial charge in [-0.05, 0) is 61.9 Å². The van der Waals surface area contributed by atoms with Crippen LogP contribution in [0.5, 0.6) is 0 Å². The van der Waals surface area contributed by atoms with Crippen molar-refractivity contribution in [1.29, 1.82) is 0 Å². The highest BCUT2D eigenvalue weighted by Gasteiger charge is 2.23. The molecular formula is C15H13Br2NOS. The Labute approximate surface area is 139 Å². The number of nitrogens with zero attached hydrogens (tertiary/aromatic N) is 1. The third kappa shape index (κ3) is 2.85. The van der Waals surface area contributed by atoms with Gasteiger partial charge in [0.25, 0.3) is 5.91 Å². The zero-order valence-electron chi connectivity index (χ0n) is 10.7. The van der Waals surface area contributed by atoms with Crippen molar-refractivity contribution in [2.75, 3.05) is 6.54 Å². The van der Waals surface area contributed by atoms with Gasteiger partial charge in [-0.25, -0.2) is 0 Å². The number of aryl methyl sites for hydroxylation is 1. The second-order valence-electron chi connectivity index (χ2n) is 4.84. The van der Waals surface area contributed by atoms with Crippen LogP contribution < -0.4 is 0 Å². The quantitative estimate of drug-likeness (QED) is 0.652. The van der Waals surface area contributed by atoms with E-state index in [0.717, 1.165) is 32.5 Å². The molecule has 2 nitrogen and oxygen atoms in total. The summed E-state index contributed by atoms with van der Waals surface area (Å²) in [5.74, 6) is 0.107. The topological polar surface area (TPSA) is 20.3 Å². The predicted molar refractivity (Wildman–Crippen MR) is 89.2 cm³/mol. The highest BCUT2D eigenvalue weighted by molar-refractivity contribution is 9.12. The van der Waals surface area contributed by atoms with E-state index < -0.39 is 0 Å². The maximum absolute atomic E-state index is 12.7. The summed E-state index contributed by atoms with van der Waals surface area (Å²) in [6, 6.07) is 10.3. The monoisotopic (exact) mass is 413 g/mol. The van der Waals surface area contributed by atoms with Crippen molar-refractivity contribution < 1.29 is 4.79 Å². The second-order valence-corrected chi connectivity index (χ2v) is 8.59. The molecule has 0 saturated carbocycles. The van der Waals surface area contributed by atoms with Crippen LogP contribution in [0, 0.1) is 0 Å². The number of hydrogen-bond donors (Lipinski definition) is 0. The first-order valence-corrected chi connectivity index (χ1v) is 8.86. The van der Waals surface area contributed by atoms with E-state index in [0.29, 0.717) is 6.54 Å². The van der Waals surface area contributed by atoms with E-state index >= 15 is 0 Å². The van der Waals surface area contributed by atoms with Crippen LogP contribution in [-0.4, -0.2) is 17.4 Å². The molecule has 0 unspecified atom stereocenters. The van der Waals surface area contributed by atoms with Gasteiger partial charge < -0.3 is 4.90 Å². The van der Waals surface area contributed by atoms with Gasteiger partial charge in [0.2, 0.25) is 0 Å². The summed E-state index contributed by atoms with van der Waals surface area (Å²) in [6.45, 7) is 1.52. The number of rotatable bonds is 1. The molecule has 2 heterocycles. The van der Waals surface area contributed by atoms with E-state index in [4.69, 9.17) is 0 Å².